The summed E-state index contributed by atoms with van der Waals surface area (Å²) < 4.78 is 39.1. The maximum absolute atomic E-state index is 13.2. The average Bonchev–Trinajstić information content (AvgIpc) is 2.90. The molecule has 3 N–H and O–H groups in total. The highest BCUT2D eigenvalue weighted by Crippen LogP contribution is 2.29. The molecule has 0 heterocycles. The van der Waals surface area contributed by atoms with Gasteiger partial charge < -0.3 is 19.9 Å². The number of carbonyl (C=O) groups excluding carboxylic acids is 1. The molecule has 9 nitrogen and oxygen atoms in total. The molecule has 3 atom stereocenters. The van der Waals surface area contributed by atoms with Gasteiger partial charge in [0.05, 0.1) is 19.1 Å². The fourth-order valence-corrected chi connectivity index (χ4v) is 5.26. The number of hydrogen-bond acceptors (Lipinski definition) is 6. The number of sulfonamides is 1. The molecule has 198 valence electrons. The Labute approximate surface area is 216 Å². The number of methoxy groups -OCH3 is 2. The number of fused-ring (bicyclic) bond motifs is 1. The smallest absolute Gasteiger partial charge is 0.326 e. The fourth-order valence-electron chi connectivity index (χ4n) is 3.95. The lowest BCUT2D eigenvalue weighted by Gasteiger charge is -2.25. The van der Waals surface area contributed by atoms with Crippen molar-refractivity contribution in [2.24, 2.45) is 5.92 Å². The summed E-state index contributed by atoms with van der Waals surface area (Å²) in [5, 5.41) is 14.3. The van der Waals surface area contributed by atoms with Gasteiger partial charge in [0.25, 0.3) is 0 Å². The summed E-state index contributed by atoms with van der Waals surface area (Å²) in [6.45, 7) is 3.54. The first kappa shape index (κ1) is 27.9. The maximum Gasteiger partial charge on any atom is 0.326 e. The lowest BCUT2D eigenvalue weighted by Crippen LogP contribution is -2.54. The van der Waals surface area contributed by atoms with Crippen LogP contribution in [0.5, 0.6) is 11.5 Å². The van der Waals surface area contributed by atoms with Crippen molar-refractivity contribution < 1.29 is 32.6 Å². The van der Waals surface area contributed by atoms with Gasteiger partial charge in [-0.3, -0.25) is 4.79 Å². The first-order chi connectivity index (χ1) is 17.6. The normalized spacial score (nSPS) is 13.9. The van der Waals surface area contributed by atoms with Crippen LogP contribution in [0.3, 0.4) is 0 Å². The Morgan fingerprint density at radius 1 is 0.946 bits per heavy atom. The molecule has 3 aromatic rings. The molecule has 3 aromatic carbocycles. The van der Waals surface area contributed by atoms with E-state index < -0.39 is 39.9 Å². The number of hydrogen-bond donors (Lipinski definition) is 3. The molecule has 0 bridgehead atoms. The lowest BCUT2D eigenvalue weighted by atomic mass is 9.98. The van der Waals surface area contributed by atoms with Crippen LogP contribution in [0.1, 0.15) is 25.8 Å². The van der Waals surface area contributed by atoms with Crippen LogP contribution in [0.2, 0.25) is 0 Å². The number of ether oxygens (including phenoxy) is 2. The lowest BCUT2D eigenvalue weighted by molar-refractivity contribution is -0.142. The van der Waals surface area contributed by atoms with Gasteiger partial charge >= 0.3 is 5.97 Å². The Bertz CT molecular complexity index is 1370. The third-order valence-corrected chi connectivity index (χ3v) is 7.75. The Morgan fingerprint density at radius 3 is 2.24 bits per heavy atom. The second kappa shape index (κ2) is 12.1. The predicted molar refractivity (Wildman–Crippen MR) is 140 cm³/mol. The third kappa shape index (κ3) is 6.78. The molecule has 0 spiro atoms. The van der Waals surface area contributed by atoms with Gasteiger partial charge in [0.15, 0.2) is 11.5 Å². The summed E-state index contributed by atoms with van der Waals surface area (Å²) >= 11 is 0. The summed E-state index contributed by atoms with van der Waals surface area (Å²) in [4.78, 5) is 25.2. The summed E-state index contributed by atoms with van der Waals surface area (Å²) in [5.74, 6) is -1.77. The van der Waals surface area contributed by atoms with E-state index in [0.29, 0.717) is 12.2 Å². The zero-order chi connectivity index (χ0) is 27.2. The van der Waals surface area contributed by atoms with E-state index in [9.17, 15) is 23.1 Å². The summed E-state index contributed by atoms with van der Waals surface area (Å²) in [6.07, 6.45) is 0.524. The number of aliphatic carboxylic acids is 1. The molecule has 0 aliphatic heterocycles. The van der Waals surface area contributed by atoms with E-state index in [-0.39, 0.29) is 17.1 Å². The van der Waals surface area contributed by atoms with Crippen LogP contribution in [-0.4, -0.2) is 51.7 Å². The monoisotopic (exact) mass is 528 g/mol. The van der Waals surface area contributed by atoms with E-state index in [1.54, 1.807) is 6.92 Å². The van der Waals surface area contributed by atoms with E-state index >= 15 is 0 Å². The molecule has 0 aliphatic carbocycles. The molecule has 0 aromatic heterocycles. The maximum atomic E-state index is 13.2. The Hall–Kier alpha value is -3.63. The van der Waals surface area contributed by atoms with Crippen molar-refractivity contribution in [3.8, 4) is 11.5 Å². The molecular weight excluding hydrogens is 496 g/mol. The van der Waals surface area contributed by atoms with Crippen molar-refractivity contribution in [3.05, 3.63) is 66.2 Å². The third-order valence-electron chi connectivity index (χ3n) is 6.31. The molecule has 37 heavy (non-hydrogen) atoms. The minimum atomic E-state index is -4.15. The van der Waals surface area contributed by atoms with Crippen molar-refractivity contribution in [3.63, 3.8) is 0 Å². The molecule has 0 saturated heterocycles. The topological polar surface area (TPSA) is 131 Å². The van der Waals surface area contributed by atoms with Crippen molar-refractivity contribution >= 4 is 32.7 Å². The molecule has 0 saturated carbocycles. The van der Waals surface area contributed by atoms with Crippen LogP contribution in [0.25, 0.3) is 10.8 Å². The summed E-state index contributed by atoms with van der Waals surface area (Å²) in [7, 11) is -1.33. The second-order valence-corrected chi connectivity index (χ2v) is 10.5. The molecule has 0 unspecified atom stereocenters. The van der Waals surface area contributed by atoms with Crippen LogP contribution in [0, 0.1) is 5.92 Å². The highest BCUT2D eigenvalue weighted by atomic mass is 32.2. The van der Waals surface area contributed by atoms with Gasteiger partial charge in [-0.2, -0.15) is 4.72 Å². The largest absolute Gasteiger partial charge is 0.493 e. The molecular formula is C27H32N2O7S. The second-order valence-electron chi connectivity index (χ2n) is 8.79. The predicted octanol–water partition coefficient (Wildman–Crippen LogP) is 3.36. The van der Waals surface area contributed by atoms with Gasteiger partial charge in [-0.15, -0.1) is 0 Å². The fraction of sp³-hybridized carbons (Fsp3) is 0.333. The average molecular weight is 529 g/mol. The number of nitrogens with one attached hydrogen (secondary N) is 2. The number of amides is 1. The van der Waals surface area contributed by atoms with E-state index in [2.05, 4.69) is 10.0 Å². The van der Waals surface area contributed by atoms with Gasteiger partial charge in [-0.1, -0.05) is 62.7 Å². The van der Waals surface area contributed by atoms with Crippen molar-refractivity contribution in [1.82, 2.24) is 10.0 Å². The molecule has 0 aliphatic rings. The van der Waals surface area contributed by atoms with Gasteiger partial charge in [0.1, 0.15) is 12.1 Å². The van der Waals surface area contributed by atoms with Crippen molar-refractivity contribution in [1.29, 1.82) is 0 Å². The standard InChI is InChI=1S/C27H32N2O7S/c1-5-17(2)25(29-37(33,34)21-12-13-23(35-3)24(16-21)36-4)26(30)28-22(27(31)32)15-18-10-11-19-8-6-7-9-20(19)14-18/h6-14,16-17,22,25,29H,5,15H2,1-4H3,(H,28,30)(H,31,32)/t17-,22-,25-/m0/s1. The van der Waals surface area contributed by atoms with Crippen LogP contribution in [0.15, 0.2) is 65.6 Å². The number of carboxylic acids is 1. The minimum absolute atomic E-state index is 0.0432. The molecule has 0 radical (unpaired) electrons. The summed E-state index contributed by atoms with van der Waals surface area (Å²) in [5.41, 5.74) is 0.734. The van der Waals surface area contributed by atoms with Gasteiger partial charge in [-0.25, -0.2) is 13.2 Å². The van der Waals surface area contributed by atoms with Crippen molar-refractivity contribution in [2.45, 2.75) is 43.7 Å². The zero-order valence-electron chi connectivity index (χ0n) is 21.2. The van der Waals surface area contributed by atoms with E-state index in [1.165, 1.54) is 32.4 Å². The van der Waals surface area contributed by atoms with Crippen molar-refractivity contribution in [2.75, 3.05) is 14.2 Å². The Morgan fingerprint density at radius 2 is 1.62 bits per heavy atom. The first-order valence-electron chi connectivity index (χ1n) is 11.8. The molecule has 1 amide bonds. The van der Waals surface area contributed by atoms with Crippen LogP contribution < -0.4 is 19.5 Å². The molecule has 3 rings (SSSR count). The van der Waals surface area contributed by atoms with E-state index in [4.69, 9.17) is 9.47 Å². The van der Waals surface area contributed by atoms with Gasteiger partial charge in [-0.05, 0) is 34.4 Å². The van der Waals surface area contributed by atoms with Crippen LogP contribution >= 0.6 is 0 Å². The number of carbonyl (C=O) groups is 2. The highest BCUT2D eigenvalue weighted by Gasteiger charge is 2.33. The number of rotatable bonds is 12. The molecule has 10 heteroatoms. The van der Waals surface area contributed by atoms with Crippen LogP contribution in [0.4, 0.5) is 0 Å². The molecule has 0 fully saturated rings. The quantitative estimate of drug-likeness (QED) is 0.329. The first-order valence-corrected chi connectivity index (χ1v) is 13.3. The SMILES string of the molecule is CC[C@H](C)[C@H](NS(=O)(=O)c1ccc(OC)c(OC)c1)C(=O)N[C@@H](Cc1ccc2ccccc2c1)C(=O)O. The number of benzene rings is 3. The zero-order valence-corrected chi connectivity index (χ0v) is 22.0. The van der Waals surface area contributed by atoms with E-state index in [1.807, 2.05) is 49.4 Å². The number of carboxylic acid groups (broad SMARTS) is 1. The Balaban J connectivity index is 1.82. The minimum Gasteiger partial charge on any atom is -0.493 e. The summed E-state index contributed by atoms with van der Waals surface area (Å²) in [6, 6.07) is 14.9. The Kier molecular flexibility index (Phi) is 9.12. The van der Waals surface area contributed by atoms with E-state index in [0.717, 1.165) is 16.3 Å². The van der Waals surface area contributed by atoms with Crippen LogP contribution in [-0.2, 0) is 26.0 Å². The van der Waals surface area contributed by atoms with Gasteiger partial charge in [0.2, 0.25) is 15.9 Å². The van der Waals surface area contributed by atoms with Gasteiger partial charge in [0, 0.05) is 12.5 Å². The highest BCUT2D eigenvalue weighted by molar-refractivity contribution is 7.89.